The van der Waals surface area contributed by atoms with Crippen molar-refractivity contribution in [2.45, 2.75) is 25.4 Å². The maximum absolute atomic E-state index is 14.3. The molecular weight excluding hydrogens is 559 g/mol. The number of hydrogen-bond donors (Lipinski definition) is 1. The van der Waals surface area contributed by atoms with Gasteiger partial charge in [0, 0.05) is 58.2 Å². The number of hydrogen-bond acceptors (Lipinski definition) is 5. The molecule has 2 aromatic carbocycles. The van der Waals surface area contributed by atoms with Gasteiger partial charge in [-0.05, 0) is 65.4 Å². The summed E-state index contributed by atoms with van der Waals surface area (Å²) in [5.41, 5.74) is 5.75. The first kappa shape index (κ1) is 26.6. The smallest absolute Gasteiger partial charge is 0.264 e. The molecule has 0 unspecified atom stereocenters. The summed E-state index contributed by atoms with van der Waals surface area (Å²) in [7, 11) is 0. The molecule has 42 heavy (non-hydrogen) atoms. The van der Waals surface area contributed by atoms with Gasteiger partial charge in [-0.3, -0.25) is 9.48 Å². The number of pyridine rings is 1. The molecule has 10 heteroatoms. The highest BCUT2D eigenvalue weighted by atomic mass is 32.1. The van der Waals surface area contributed by atoms with E-state index in [1.165, 1.54) is 40.7 Å². The van der Waals surface area contributed by atoms with Crippen molar-refractivity contribution in [2.24, 2.45) is 0 Å². The van der Waals surface area contributed by atoms with Crippen molar-refractivity contribution in [1.29, 1.82) is 0 Å². The van der Waals surface area contributed by atoms with Gasteiger partial charge in [0.05, 0.1) is 23.6 Å². The SMILES string of the molecule is C=CC(=O)N1CC(n2cc(-c3nc(-c4ccc5c(c4)CCNC5)c4ccsc4c3-c3ccc(F)cc3C(F)F)cn2)C1. The molecule has 0 bridgehead atoms. The minimum atomic E-state index is -2.88. The van der Waals surface area contributed by atoms with E-state index >= 15 is 0 Å². The quantitative estimate of drug-likeness (QED) is 0.223. The maximum Gasteiger partial charge on any atom is 0.264 e. The number of amides is 1. The third kappa shape index (κ3) is 4.51. The molecule has 6 nitrogen and oxygen atoms in total. The molecule has 0 saturated carbocycles. The Hall–Kier alpha value is -4.28. The highest BCUT2D eigenvalue weighted by Gasteiger charge is 2.32. The van der Waals surface area contributed by atoms with Gasteiger partial charge < -0.3 is 10.2 Å². The van der Waals surface area contributed by atoms with Crippen molar-refractivity contribution < 1.29 is 18.0 Å². The minimum Gasteiger partial charge on any atom is -0.335 e. The molecule has 5 heterocycles. The first-order valence-corrected chi connectivity index (χ1v) is 14.6. The first-order valence-electron chi connectivity index (χ1n) is 13.7. The zero-order valence-corrected chi connectivity index (χ0v) is 23.3. The molecule has 0 atom stereocenters. The zero-order valence-electron chi connectivity index (χ0n) is 22.5. The molecule has 1 N–H and O–H groups in total. The van der Waals surface area contributed by atoms with E-state index in [-0.39, 0.29) is 23.1 Å². The van der Waals surface area contributed by atoms with Crippen LogP contribution in [0.15, 0.2) is 72.9 Å². The maximum atomic E-state index is 14.3. The highest BCUT2D eigenvalue weighted by molar-refractivity contribution is 7.18. The average molecular weight is 586 g/mol. The van der Waals surface area contributed by atoms with Crippen LogP contribution in [-0.4, -0.2) is 45.2 Å². The average Bonchev–Trinajstić information content (AvgIpc) is 3.66. The summed E-state index contributed by atoms with van der Waals surface area (Å²) >= 11 is 1.45. The molecule has 3 aromatic heterocycles. The van der Waals surface area contributed by atoms with Crippen molar-refractivity contribution in [3.8, 4) is 33.6 Å². The lowest BCUT2D eigenvalue weighted by Gasteiger charge is -2.38. The molecule has 0 aliphatic carbocycles. The van der Waals surface area contributed by atoms with Crippen LogP contribution in [-0.2, 0) is 17.8 Å². The fourth-order valence-electron chi connectivity index (χ4n) is 5.86. The number of benzene rings is 2. The lowest BCUT2D eigenvalue weighted by Crippen LogP contribution is -2.50. The molecule has 1 saturated heterocycles. The van der Waals surface area contributed by atoms with Gasteiger partial charge >= 0.3 is 0 Å². The van der Waals surface area contributed by atoms with Gasteiger partial charge in [-0.25, -0.2) is 18.2 Å². The normalized spacial score (nSPS) is 15.2. The Morgan fingerprint density at radius 3 is 2.76 bits per heavy atom. The Balaban J connectivity index is 1.42. The molecule has 7 rings (SSSR count). The van der Waals surface area contributed by atoms with Crippen LogP contribution in [0.5, 0.6) is 0 Å². The third-order valence-electron chi connectivity index (χ3n) is 8.09. The van der Waals surface area contributed by atoms with E-state index in [0.29, 0.717) is 29.9 Å². The van der Waals surface area contributed by atoms with Crippen LogP contribution in [0.4, 0.5) is 13.2 Å². The van der Waals surface area contributed by atoms with E-state index in [4.69, 9.17) is 4.98 Å². The number of alkyl halides is 2. The molecule has 5 aromatic rings. The lowest BCUT2D eigenvalue weighted by molar-refractivity contribution is -0.131. The third-order valence-corrected chi connectivity index (χ3v) is 9.02. The lowest BCUT2D eigenvalue weighted by atomic mass is 9.92. The fourth-order valence-corrected chi connectivity index (χ4v) is 6.82. The Kier molecular flexibility index (Phi) is 6.67. The van der Waals surface area contributed by atoms with Crippen molar-refractivity contribution >= 4 is 27.3 Å². The number of likely N-dealkylation sites (tertiary alicyclic amines) is 1. The predicted molar refractivity (Wildman–Crippen MR) is 158 cm³/mol. The number of nitrogens with one attached hydrogen (secondary N) is 1. The number of nitrogens with zero attached hydrogens (tertiary/aromatic N) is 4. The van der Waals surface area contributed by atoms with Crippen LogP contribution >= 0.6 is 11.3 Å². The summed E-state index contributed by atoms with van der Waals surface area (Å²) < 4.78 is 45.4. The largest absolute Gasteiger partial charge is 0.335 e. The van der Waals surface area contributed by atoms with Crippen LogP contribution in [0.2, 0.25) is 0 Å². The number of aromatic nitrogens is 3. The molecule has 2 aliphatic rings. The van der Waals surface area contributed by atoms with Crippen molar-refractivity contribution in [3.63, 3.8) is 0 Å². The number of halogens is 3. The van der Waals surface area contributed by atoms with Gasteiger partial charge in [0.15, 0.2) is 0 Å². The Morgan fingerprint density at radius 2 is 1.95 bits per heavy atom. The number of carbonyl (C=O) groups is 1. The van der Waals surface area contributed by atoms with E-state index in [0.717, 1.165) is 46.9 Å². The van der Waals surface area contributed by atoms with Crippen LogP contribution in [0.3, 0.4) is 0 Å². The topological polar surface area (TPSA) is 63.1 Å². The highest BCUT2D eigenvalue weighted by Crippen LogP contribution is 2.46. The number of carbonyl (C=O) groups excluding carboxylic acids is 1. The summed E-state index contributed by atoms with van der Waals surface area (Å²) in [6.07, 6.45) is 2.85. The molecular formula is C32H26F3N5OS. The van der Waals surface area contributed by atoms with E-state index in [2.05, 4.69) is 35.2 Å². The van der Waals surface area contributed by atoms with Crippen molar-refractivity contribution in [2.75, 3.05) is 19.6 Å². The van der Waals surface area contributed by atoms with Crippen LogP contribution < -0.4 is 5.32 Å². The van der Waals surface area contributed by atoms with Gasteiger partial charge in [0.2, 0.25) is 5.91 Å². The van der Waals surface area contributed by atoms with Gasteiger partial charge in [-0.2, -0.15) is 5.10 Å². The van der Waals surface area contributed by atoms with E-state index in [9.17, 15) is 18.0 Å². The van der Waals surface area contributed by atoms with Gasteiger partial charge in [0.25, 0.3) is 6.43 Å². The first-order chi connectivity index (χ1) is 20.4. The molecule has 212 valence electrons. The van der Waals surface area contributed by atoms with Crippen molar-refractivity contribution in [3.05, 3.63) is 95.4 Å². The molecule has 0 radical (unpaired) electrons. The monoisotopic (exact) mass is 585 g/mol. The Labute approximate surface area is 244 Å². The van der Waals surface area contributed by atoms with Gasteiger partial charge in [-0.1, -0.05) is 24.8 Å². The van der Waals surface area contributed by atoms with E-state index < -0.39 is 12.2 Å². The second-order valence-corrected chi connectivity index (χ2v) is 11.5. The van der Waals surface area contributed by atoms with Gasteiger partial charge in [0.1, 0.15) is 5.82 Å². The standard InChI is InChI=1S/C32H26F3N5OS/c1-2-27(41)39-16-23(17-39)40-15-21(14-37-40)30-28(24-6-5-22(33)12-26(24)32(34)35)31-25(8-10-42-31)29(38-30)19-3-4-20-13-36-9-7-18(20)11-19/h2-6,8,10-12,14-15,23,32,36H,1,7,9,13,16-17H2. The van der Waals surface area contributed by atoms with E-state index in [1.807, 2.05) is 17.6 Å². The fraction of sp³-hybridized carbons (Fsp3) is 0.219. The van der Waals surface area contributed by atoms with Crippen LogP contribution in [0.25, 0.3) is 43.7 Å². The summed E-state index contributed by atoms with van der Waals surface area (Å²) in [5.74, 6) is -0.852. The number of thiophene rings is 1. The predicted octanol–water partition coefficient (Wildman–Crippen LogP) is 6.79. The number of rotatable bonds is 6. The van der Waals surface area contributed by atoms with Crippen molar-refractivity contribution in [1.82, 2.24) is 25.0 Å². The zero-order chi connectivity index (χ0) is 29.0. The molecule has 1 amide bonds. The summed E-state index contributed by atoms with van der Waals surface area (Å²) in [4.78, 5) is 18.8. The van der Waals surface area contributed by atoms with E-state index in [1.54, 1.807) is 15.8 Å². The Bertz CT molecular complexity index is 1860. The second kappa shape index (κ2) is 10.5. The summed E-state index contributed by atoms with van der Waals surface area (Å²) in [6, 6.07) is 11.8. The molecule has 0 spiro atoms. The summed E-state index contributed by atoms with van der Waals surface area (Å²) in [6.45, 7) is 6.26. The van der Waals surface area contributed by atoms with Crippen LogP contribution in [0, 0.1) is 5.82 Å². The second-order valence-electron chi connectivity index (χ2n) is 10.6. The summed E-state index contributed by atoms with van der Waals surface area (Å²) in [5, 5.41) is 10.7. The Morgan fingerprint density at radius 1 is 1.10 bits per heavy atom. The minimum absolute atomic E-state index is 0.0206. The van der Waals surface area contributed by atoms with Crippen LogP contribution in [0.1, 0.15) is 29.2 Å². The molecule has 1 fully saturated rings. The number of fused-ring (bicyclic) bond motifs is 2. The molecule has 2 aliphatic heterocycles. The van der Waals surface area contributed by atoms with Gasteiger partial charge in [-0.15, -0.1) is 11.3 Å².